The van der Waals surface area contributed by atoms with E-state index < -0.39 is 10.1 Å². The molecule has 2 rings (SSSR count). The highest BCUT2D eigenvalue weighted by molar-refractivity contribution is 9.10. The Morgan fingerprint density at radius 1 is 1.27 bits per heavy atom. The van der Waals surface area contributed by atoms with E-state index in [9.17, 15) is 13.2 Å². The van der Waals surface area contributed by atoms with Gasteiger partial charge in [-0.15, -0.1) is 0 Å². The van der Waals surface area contributed by atoms with Gasteiger partial charge in [-0.05, 0) is 53.2 Å². The molecule has 0 unspecified atom stereocenters. The smallest absolute Gasteiger partial charge is 0.339 e. The number of amides is 1. The number of halogens is 1. The number of ether oxygens (including phenoxy) is 1. The van der Waals surface area contributed by atoms with Crippen LogP contribution in [-0.4, -0.2) is 20.9 Å². The molecule has 0 radical (unpaired) electrons. The van der Waals surface area contributed by atoms with Gasteiger partial charge in [0, 0.05) is 18.7 Å². The van der Waals surface area contributed by atoms with Crippen LogP contribution >= 0.6 is 15.9 Å². The highest BCUT2D eigenvalue weighted by Crippen LogP contribution is 2.38. The minimum absolute atomic E-state index is 0.0446. The minimum Gasteiger partial charge on any atom is -0.490 e. The van der Waals surface area contributed by atoms with Crippen LogP contribution in [0.5, 0.6) is 11.5 Å². The van der Waals surface area contributed by atoms with Gasteiger partial charge in [-0.1, -0.05) is 0 Å². The van der Waals surface area contributed by atoms with Gasteiger partial charge in [0.15, 0.2) is 11.5 Å². The lowest BCUT2D eigenvalue weighted by Crippen LogP contribution is -2.12. The first-order valence-electron chi connectivity index (χ1n) is 7.45. The van der Waals surface area contributed by atoms with Crippen molar-refractivity contribution in [3.8, 4) is 17.6 Å². The van der Waals surface area contributed by atoms with Gasteiger partial charge in [-0.2, -0.15) is 13.7 Å². The van der Waals surface area contributed by atoms with Crippen LogP contribution in [0.2, 0.25) is 0 Å². The number of carbonyl (C=O) groups is 1. The maximum Gasteiger partial charge on any atom is 0.339 e. The number of carbonyl (C=O) groups excluding carboxylic acids is 1. The van der Waals surface area contributed by atoms with Crippen LogP contribution in [0.3, 0.4) is 0 Å². The third kappa shape index (κ3) is 4.74. The zero-order valence-electron chi connectivity index (χ0n) is 13.9. The Bertz CT molecular complexity index is 966. The quantitative estimate of drug-likeness (QED) is 0.692. The first-order valence-corrected chi connectivity index (χ1v) is 9.65. The van der Waals surface area contributed by atoms with Crippen molar-refractivity contribution in [2.24, 2.45) is 0 Å². The molecule has 0 aliphatic carbocycles. The summed E-state index contributed by atoms with van der Waals surface area (Å²) >= 11 is 3.20. The Hall–Kier alpha value is -2.57. The van der Waals surface area contributed by atoms with Crippen LogP contribution < -0.4 is 14.2 Å². The monoisotopic (exact) mass is 438 g/mol. The number of hydrogen-bond acceptors (Lipinski definition) is 6. The lowest BCUT2D eigenvalue weighted by molar-refractivity contribution is -0.114. The number of benzene rings is 2. The van der Waals surface area contributed by atoms with Crippen molar-refractivity contribution in [2.75, 3.05) is 11.9 Å². The average Bonchev–Trinajstić information content (AvgIpc) is 2.57. The predicted octanol–water partition coefficient (Wildman–Crippen LogP) is 3.45. The minimum atomic E-state index is -4.15. The molecule has 9 heteroatoms. The van der Waals surface area contributed by atoms with Crippen LogP contribution in [0, 0.1) is 11.3 Å². The van der Waals surface area contributed by atoms with E-state index in [1.54, 1.807) is 6.92 Å². The fourth-order valence-corrected chi connectivity index (χ4v) is 3.63. The SMILES string of the molecule is CCOc1cc(C#N)cc(Br)c1OS(=O)(=O)c1ccc(NC(C)=O)cc1. The van der Waals surface area contributed by atoms with Crippen LogP contribution in [0.15, 0.2) is 45.8 Å². The van der Waals surface area contributed by atoms with Crippen LogP contribution in [-0.2, 0) is 14.9 Å². The van der Waals surface area contributed by atoms with E-state index in [0.717, 1.165) is 0 Å². The number of nitrogens with zero attached hydrogens (tertiary/aromatic N) is 1. The van der Waals surface area contributed by atoms with Gasteiger partial charge in [-0.25, -0.2) is 0 Å². The van der Waals surface area contributed by atoms with Gasteiger partial charge in [0.25, 0.3) is 0 Å². The second-order valence-electron chi connectivity index (χ2n) is 5.07. The molecule has 26 heavy (non-hydrogen) atoms. The molecule has 0 saturated heterocycles. The van der Waals surface area contributed by atoms with Crippen molar-refractivity contribution in [2.45, 2.75) is 18.7 Å². The molecule has 0 aromatic heterocycles. The molecule has 0 aliphatic rings. The molecule has 7 nitrogen and oxygen atoms in total. The average molecular weight is 439 g/mol. The Labute approximate surface area is 159 Å². The van der Waals surface area contributed by atoms with Crippen LogP contribution in [0.25, 0.3) is 0 Å². The summed E-state index contributed by atoms with van der Waals surface area (Å²) in [7, 11) is -4.15. The molecule has 1 N–H and O–H groups in total. The van der Waals surface area contributed by atoms with Gasteiger partial charge in [0.1, 0.15) is 4.90 Å². The topological polar surface area (TPSA) is 105 Å². The Morgan fingerprint density at radius 2 is 1.92 bits per heavy atom. The van der Waals surface area contributed by atoms with Gasteiger partial charge in [-0.3, -0.25) is 4.79 Å². The molecular formula is C17H15BrN2O5S. The maximum absolute atomic E-state index is 12.5. The van der Waals surface area contributed by atoms with Gasteiger partial charge in [0.2, 0.25) is 5.91 Å². The normalized spacial score (nSPS) is 10.7. The molecule has 0 bridgehead atoms. The van der Waals surface area contributed by atoms with E-state index in [-0.39, 0.29) is 33.4 Å². The first-order chi connectivity index (χ1) is 12.3. The molecule has 0 aliphatic heterocycles. The molecule has 2 aromatic rings. The van der Waals surface area contributed by atoms with Crippen molar-refractivity contribution in [1.29, 1.82) is 5.26 Å². The highest BCUT2D eigenvalue weighted by atomic mass is 79.9. The first kappa shape index (κ1) is 19.8. The summed E-state index contributed by atoms with van der Waals surface area (Å²) in [6, 6.07) is 10.3. The zero-order chi connectivity index (χ0) is 19.3. The summed E-state index contributed by atoms with van der Waals surface area (Å²) < 4.78 is 36.0. The van der Waals surface area contributed by atoms with Crippen LogP contribution in [0.1, 0.15) is 19.4 Å². The van der Waals surface area contributed by atoms with Crippen molar-refractivity contribution in [1.82, 2.24) is 0 Å². The summed E-state index contributed by atoms with van der Waals surface area (Å²) in [4.78, 5) is 10.9. The third-order valence-corrected chi connectivity index (χ3v) is 4.92. The van der Waals surface area contributed by atoms with E-state index in [2.05, 4.69) is 21.2 Å². The van der Waals surface area contributed by atoms with E-state index in [0.29, 0.717) is 11.3 Å². The fourth-order valence-electron chi connectivity index (χ4n) is 2.04. The van der Waals surface area contributed by atoms with Crippen LogP contribution in [0.4, 0.5) is 5.69 Å². The predicted molar refractivity (Wildman–Crippen MR) is 98.6 cm³/mol. The molecule has 0 atom stereocenters. The number of nitriles is 1. The Morgan fingerprint density at radius 3 is 2.46 bits per heavy atom. The fraction of sp³-hybridized carbons (Fsp3) is 0.176. The summed E-state index contributed by atoms with van der Waals surface area (Å²) in [5.74, 6) is -0.173. The highest BCUT2D eigenvalue weighted by Gasteiger charge is 2.22. The van der Waals surface area contributed by atoms with E-state index in [4.69, 9.17) is 14.2 Å². The van der Waals surface area contributed by atoms with Gasteiger partial charge >= 0.3 is 10.1 Å². The second-order valence-corrected chi connectivity index (χ2v) is 7.47. The largest absolute Gasteiger partial charge is 0.490 e. The third-order valence-electron chi connectivity index (χ3n) is 3.09. The molecule has 0 spiro atoms. The number of nitrogens with one attached hydrogen (secondary N) is 1. The Balaban J connectivity index is 2.37. The number of rotatable bonds is 6. The molecule has 0 fully saturated rings. The molecule has 136 valence electrons. The standard InChI is InChI=1S/C17H15BrN2O5S/c1-3-24-16-9-12(10-19)8-15(18)17(16)25-26(22,23)14-6-4-13(5-7-14)20-11(2)21/h4-9H,3H2,1-2H3,(H,20,21). The second kappa shape index (κ2) is 8.21. The van der Waals surface area contributed by atoms with E-state index in [1.165, 1.54) is 43.3 Å². The van der Waals surface area contributed by atoms with Crippen molar-refractivity contribution in [3.05, 3.63) is 46.4 Å². The summed E-state index contributed by atoms with van der Waals surface area (Å²) in [5.41, 5.74) is 0.760. The number of hydrogen-bond donors (Lipinski definition) is 1. The van der Waals surface area contributed by atoms with Gasteiger partial charge < -0.3 is 14.2 Å². The molecular weight excluding hydrogens is 424 g/mol. The lowest BCUT2D eigenvalue weighted by atomic mass is 10.2. The van der Waals surface area contributed by atoms with E-state index in [1.807, 2.05) is 6.07 Å². The van der Waals surface area contributed by atoms with Crippen molar-refractivity contribution in [3.63, 3.8) is 0 Å². The molecule has 1 amide bonds. The van der Waals surface area contributed by atoms with Crippen molar-refractivity contribution < 1.29 is 22.1 Å². The molecule has 0 saturated carbocycles. The van der Waals surface area contributed by atoms with Crippen molar-refractivity contribution >= 4 is 37.6 Å². The summed E-state index contributed by atoms with van der Waals surface area (Å²) in [6.45, 7) is 3.35. The van der Waals surface area contributed by atoms with E-state index >= 15 is 0 Å². The van der Waals surface area contributed by atoms with Gasteiger partial charge in [0.05, 0.1) is 22.7 Å². The molecule has 0 heterocycles. The summed E-state index contributed by atoms with van der Waals surface area (Å²) in [6.07, 6.45) is 0. The lowest BCUT2D eigenvalue weighted by Gasteiger charge is -2.14. The zero-order valence-corrected chi connectivity index (χ0v) is 16.3. The number of anilines is 1. The maximum atomic E-state index is 12.5. The molecule has 2 aromatic carbocycles. The summed E-state index contributed by atoms with van der Waals surface area (Å²) in [5, 5.41) is 11.6. The Kier molecular flexibility index (Phi) is 6.23.